The van der Waals surface area contributed by atoms with Crippen molar-refractivity contribution in [2.45, 2.75) is 40.7 Å². The first-order chi connectivity index (χ1) is 6.65. The molecule has 1 unspecified atom stereocenters. The lowest BCUT2D eigenvalue weighted by molar-refractivity contribution is 0.710. The average Bonchev–Trinajstić information content (AvgIpc) is 2.14. The van der Waals surface area contributed by atoms with E-state index >= 15 is 0 Å². The van der Waals surface area contributed by atoms with Gasteiger partial charge < -0.3 is 5.32 Å². The van der Waals surface area contributed by atoms with E-state index in [1.165, 1.54) is 0 Å². The summed E-state index contributed by atoms with van der Waals surface area (Å²) in [5.74, 6) is 0. The number of allylic oxidation sites excluding steroid dienone is 5. The molecule has 1 nitrogen and oxygen atoms in total. The van der Waals surface area contributed by atoms with Gasteiger partial charge in [0.2, 0.25) is 0 Å². The first kappa shape index (κ1) is 13.3. The summed E-state index contributed by atoms with van der Waals surface area (Å²) >= 11 is 6.06. The van der Waals surface area contributed by atoms with Crippen molar-refractivity contribution in [3.63, 3.8) is 0 Å². The fourth-order valence-corrected chi connectivity index (χ4v) is 1.71. The van der Waals surface area contributed by atoms with Crippen molar-refractivity contribution in [1.29, 1.82) is 0 Å². The lowest BCUT2D eigenvalue weighted by Crippen LogP contribution is -2.26. The number of dihydropyridines is 1. The molecule has 80 valence electrons. The normalized spacial score (nSPS) is 21.3. The van der Waals surface area contributed by atoms with E-state index in [1.54, 1.807) is 0 Å². The molecule has 0 bridgehead atoms. The molecule has 1 rings (SSSR count). The number of hydrogen-bond donors (Lipinski definition) is 1. The molecule has 0 amide bonds. The minimum absolute atomic E-state index is 0.339. The quantitative estimate of drug-likeness (QED) is 0.695. The summed E-state index contributed by atoms with van der Waals surface area (Å²) in [5.41, 5.74) is 2.24. The van der Waals surface area contributed by atoms with Crippen LogP contribution in [0.1, 0.15) is 34.6 Å². The Bertz CT molecular complexity index is 261. The number of halogens is 1. The maximum absolute atomic E-state index is 6.06. The molecule has 1 aliphatic heterocycles. The summed E-state index contributed by atoms with van der Waals surface area (Å²) in [7, 11) is 0. The van der Waals surface area contributed by atoms with Gasteiger partial charge in [-0.2, -0.15) is 0 Å². The van der Waals surface area contributed by atoms with Gasteiger partial charge in [0.05, 0.1) is 0 Å². The molecule has 1 heterocycles. The second-order valence-corrected chi connectivity index (χ2v) is 3.39. The van der Waals surface area contributed by atoms with Gasteiger partial charge in [0.1, 0.15) is 0 Å². The van der Waals surface area contributed by atoms with Crippen LogP contribution in [0.15, 0.2) is 34.5 Å². The molecule has 0 radical (unpaired) electrons. The molecule has 14 heavy (non-hydrogen) atoms. The monoisotopic (exact) mass is 213 g/mol. The minimum Gasteiger partial charge on any atom is -0.382 e. The maximum atomic E-state index is 6.06. The molecule has 2 heteroatoms. The van der Waals surface area contributed by atoms with Gasteiger partial charge >= 0.3 is 0 Å². The molecule has 0 aliphatic carbocycles. The number of hydrogen-bond acceptors (Lipinski definition) is 1. The van der Waals surface area contributed by atoms with Crippen molar-refractivity contribution in [1.82, 2.24) is 5.32 Å². The van der Waals surface area contributed by atoms with E-state index in [4.69, 9.17) is 11.6 Å². The summed E-state index contributed by atoms with van der Waals surface area (Å²) in [5, 5.41) is 4.16. The van der Waals surface area contributed by atoms with Crippen LogP contribution in [0.3, 0.4) is 0 Å². The van der Waals surface area contributed by atoms with Gasteiger partial charge in [-0.25, -0.2) is 0 Å². The highest BCUT2D eigenvalue weighted by Gasteiger charge is 2.11. The van der Waals surface area contributed by atoms with Gasteiger partial charge in [-0.3, -0.25) is 0 Å². The zero-order valence-electron chi connectivity index (χ0n) is 9.69. The molecule has 0 spiro atoms. The van der Waals surface area contributed by atoms with Gasteiger partial charge in [0, 0.05) is 22.3 Å². The third-order valence-corrected chi connectivity index (χ3v) is 2.16. The Morgan fingerprint density at radius 2 is 2.00 bits per heavy atom. The smallest absolute Gasteiger partial charge is 0.0475 e. The molecule has 0 aromatic heterocycles. The van der Waals surface area contributed by atoms with Crippen LogP contribution in [0, 0.1) is 0 Å². The highest BCUT2D eigenvalue weighted by atomic mass is 35.5. The molecule has 1 aliphatic rings. The van der Waals surface area contributed by atoms with E-state index in [9.17, 15) is 0 Å². The maximum Gasteiger partial charge on any atom is 0.0475 e. The Morgan fingerprint density at radius 1 is 1.43 bits per heavy atom. The van der Waals surface area contributed by atoms with E-state index in [1.807, 2.05) is 45.9 Å². The lowest BCUT2D eigenvalue weighted by Gasteiger charge is -2.20. The van der Waals surface area contributed by atoms with E-state index in [-0.39, 0.29) is 0 Å². The molecule has 0 aromatic carbocycles. The van der Waals surface area contributed by atoms with Crippen LogP contribution < -0.4 is 5.32 Å². The molecular weight excluding hydrogens is 194 g/mol. The summed E-state index contributed by atoms with van der Waals surface area (Å²) in [4.78, 5) is 0. The Hall–Kier alpha value is -0.690. The first-order valence-corrected chi connectivity index (χ1v) is 5.50. The van der Waals surface area contributed by atoms with Crippen molar-refractivity contribution >= 4 is 11.6 Å². The van der Waals surface area contributed by atoms with Crippen LogP contribution in [-0.4, -0.2) is 6.04 Å². The average molecular weight is 214 g/mol. The fourth-order valence-electron chi connectivity index (χ4n) is 1.32. The molecule has 0 saturated heterocycles. The van der Waals surface area contributed by atoms with E-state index in [0.29, 0.717) is 6.04 Å². The van der Waals surface area contributed by atoms with Gasteiger partial charge in [-0.15, -0.1) is 0 Å². The zero-order valence-corrected chi connectivity index (χ0v) is 10.4. The Morgan fingerprint density at radius 3 is 2.43 bits per heavy atom. The predicted molar refractivity (Wildman–Crippen MR) is 65.4 cm³/mol. The van der Waals surface area contributed by atoms with Crippen molar-refractivity contribution in [3.05, 3.63) is 34.5 Å². The van der Waals surface area contributed by atoms with Crippen LogP contribution in [0.5, 0.6) is 0 Å². The Balaban J connectivity index is 0.000000791. The SMILES string of the molecule is C/C=C\C1=C(C)NC(C)C=C1Cl.CC. The zero-order chi connectivity index (χ0) is 11.1. The minimum atomic E-state index is 0.339. The van der Waals surface area contributed by atoms with Gasteiger partial charge in [-0.1, -0.05) is 37.6 Å². The first-order valence-electron chi connectivity index (χ1n) is 5.13. The molecule has 0 saturated carbocycles. The summed E-state index contributed by atoms with van der Waals surface area (Å²) in [6.07, 6.45) is 6.03. The molecule has 1 N–H and O–H groups in total. The van der Waals surface area contributed by atoms with Crippen LogP contribution in [0.4, 0.5) is 0 Å². The van der Waals surface area contributed by atoms with Gasteiger partial charge in [0.15, 0.2) is 0 Å². The van der Waals surface area contributed by atoms with E-state index in [2.05, 4.69) is 12.2 Å². The third kappa shape index (κ3) is 3.59. The highest BCUT2D eigenvalue weighted by molar-refractivity contribution is 6.32. The number of rotatable bonds is 1. The molecule has 0 fully saturated rings. The van der Waals surface area contributed by atoms with E-state index in [0.717, 1.165) is 16.3 Å². The second-order valence-electron chi connectivity index (χ2n) is 2.99. The van der Waals surface area contributed by atoms with Crippen molar-refractivity contribution in [2.75, 3.05) is 0 Å². The van der Waals surface area contributed by atoms with Crippen LogP contribution in [0.25, 0.3) is 0 Å². The molecule has 0 aromatic rings. The van der Waals surface area contributed by atoms with Crippen molar-refractivity contribution < 1.29 is 0 Å². The largest absolute Gasteiger partial charge is 0.382 e. The molecule has 1 atom stereocenters. The summed E-state index contributed by atoms with van der Waals surface area (Å²) < 4.78 is 0. The van der Waals surface area contributed by atoms with Crippen molar-refractivity contribution in [2.24, 2.45) is 0 Å². The van der Waals surface area contributed by atoms with Gasteiger partial charge in [0.25, 0.3) is 0 Å². The number of nitrogens with one attached hydrogen (secondary N) is 1. The molecular formula is C12H20ClN. The Kier molecular flexibility index (Phi) is 6.39. The van der Waals surface area contributed by atoms with Crippen molar-refractivity contribution in [3.8, 4) is 0 Å². The summed E-state index contributed by atoms with van der Waals surface area (Å²) in [6.45, 7) is 10.1. The standard InChI is InChI=1S/C10H14ClN.C2H6/c1-4-5-9-8(3)12-7(2)6-10(9)11;1-2/h4-7,12H,1-3H3;1-2H3/b5-4-;. The third-order valence-electron chi connectivity index (χ3n) is 1.84. The highest BCUT2D eigenvalue weighted by Crippen LogP contribution is 2.23. The lowest BCUT2D eigenvalue weighted by atomic mass is 10.1. The summed E-state index contributed by atoms with van der Waals surface area (Å²) in [6, 6.07) is 0.339. The Labute approximate surface area is 92.5 Å². The van der Waals surface area contributed by atoms with Gasteiger partial charge in [-0.05, 0) is 26.8 Å². The van der Waals surface area contributed by atoms with Crippen LogP contribution >= 0.6 is 11.6 Å². The topological polar surface area (TPSA) is 12.0 Å². The fraction of sp³-hybridized carbons (Fsp3) is 0.500. The second kappa shape index (κ2) is 6.72. The van der Waals surface area contributed by atoms with Crippen LogP contribution in [-0.2, 0) is 0 Å². The predicted octanol–water partition coefficient (Wildman–Crippen LogP) is 3.98. The van der Waals surface area contributed by atoms with Crippen LogP contribution in [0.2, 0.25) is 0 Å². The van der Waals surface area contributed by atoms with E-state index < -0.39 is 0 Å².